The van der Waals surface area contributed by atoms with Crippen LogP contribution in [0.25, 0.3) is 22.3 Å². The molecule has 3 aliphatic carbocycles. The van der Waals surface area contributed by atoms with Crippen molar-refractivity contribution in [1.82, 2.24) is 35.3 Å². The van der Waals surface area contributed by atoms with Crippen molar-refractivity contribution < 1.29 is 52.1 Å². The van der Waals surface area contributed by atoms with E-state index in [9.17, 15) is 24.0 Å². The molecule has 1 aromatic carbocycles. The van der Waals surface area contributed by atoms with Gasteiger partial charge in [-0.05, 0) is 89.7 Å². The van der Waals surface area contributed by atoms with Gasteiger partial charge in [0.2, 0.25) is 11.8 Å². The van der Waals surface area contributed by atoms with E-state index in [1.54, 1.807) is 29.2 Å². The number of hydrogen-bond acceptors (Lipinski definition) is 15. The van der Waals surface area contributed by atoms with Crippen LogP contribution in [0.5, 0.6) is 11.5 Å². The minimum absolute atomic E-state index is 0.0201. The Kier molecular flexibility index (Phi) is 14.8. The molecule has 20 heteroatoms. The number of nitrogens with one attached hydrogen (secondary N) is 3. The number of anilines is 1. The number of nitrogens with zero attached hydrogens (tertiary/aromatic N) is 5. The topological polar surface area (TPSA) is 216 Å². The molecular weight excluding hydrogens is 936 g/mol. The number of carbonyl (C=O) groups excluding carboxylic acids is 5. The molecule has 4 amide bonds. The molecule has 8 atom stereocenters. The summed E-state index contributed by atoms with van der Waals surface area (Å²) >= 11 is 7.17. The zero-order valence-corrected chi connectivity index (χ0v) is 43.1. The number of pyridine rings is 1. The number of alkyl carbamates (subject to hydrolysis) is 1. The highest BCUT2D eigenvalue weighted by Gasteiger charge is 2.62. The summed E-state index contributed by atoms with van der Waals surface area (Å²) < 4.78 is 35.3. The predicted molar refractivity (Wildman–Crippen MR) is 264 cm³/mol. The highest BCUT2D eigenvalue weighted by molar-refractivity contribution is 6.36. The molecule has 0 radical (unpaired) electrons. The number of piperazine rings is 1. The molecule has 5 fully saturated rings. The zero-order chi connectivity index (χ0) is 51.2. The Morgan fingerprint density at radius 2 is 1.68 bits per heavy atom. The first-order valence-electron chi connectivity index (χ1n) is 24.7. The van der Waals surface area contributed by atoms with Gasteiger partial charge in [0.15, 0.2) is 0 Å². The van der Waals surface area contributed by atoms with Crippen LogP contribution in [0.1, 0.15) is 87.5 Å². The number of esters is 1. The summed E-state index contributed by atoms with van der Waals surface area (Å²) in [6, 6.07) is 3.35. The van der Waals surface area contributed by atoms with Crippen molar-refractivity contribution in [3.8, 4) is 22.9 Å². The number of carbonyl (C=O) groups is 5. The van der Waals surface area contributed by atoms with Gasteiger partial charge in [-0.3, -0.25) is 14.5 Å². The number of likely N-dealkylation sites (tertiary alicyclic amines) is 1. The Morgan fingerprint density at radius 1 is 0.958 bits per heavy atom. The lowest BCUT2D eigenvalue weighted by Crippen LogP contribution is -2.59. The summed E-state index contributed by atoms with van der Waals surface area (Å²) in [6.45, 7) is 22.0. The number of halogens is 1. The highest BCUT2D eigenvalue weighted by atomic mass is 35.5. The molecule has 0 bridgehead atoms. The average Bonchev–Trinajstić information content (AvgIpc) is 3.97. The molecule has 0 spiro atoms. The first-order chi connectivity index (χ1) is 33.5. The van der Waals surface area contributed by atoms with Gasteiger partial charge in [-0.25, -0.2) is 19.4 Å². The van der Waals surface area contributed by atoms with E-state index < -0.39 is 58.6 Å². The standard InChI is InChI=1S/C51H69ClN8O11/c1-11-31-25-51(31,45(63)66-10)57-43(61)37-23-33(26-60(37)44(62)42(49(4,5)6)56-47(64)70-32-21-29-20-30(29)22-32)69-39-24-35(36-27-68-46(55-36)53-28(2)3)54-41-34(39)12-13-38(40(41)52)67-19-18-58-14-16-59(17-15-58)48(65)71-50(7,8)9/h11-13,24,27-33,37,42H,1,14-23,25-26H2,2-10H3,(H,53,55)(H,56,64)(H,57,61)/t29-,30+,31-,32?,33-,37+,42-,51-/m1/s1. The van der Waals surface area contributed by atoms with Gasteiger partial charge in [-0.1, -0.05) is 38.4 Å². The minimum Gasteiger partial charge on any atom is -0.491 e. The van der Waals surface area contributed by atoms with Crippen LogP contribution in [-0.4, -0.2) is 149 Å². The van der Waals surface area contributed by atoms with Crippen molar-refractivity contribution in [2.75, 3.05) is 58.3 Å². The first-order valence-corrected chi connectivity index (χ1v) is 25.1. The first kappa shape index (κ1) is 51.5. The van der Waals surface area contributed by atoms with Crippen LogP contribution in [0.15, 0.2) is 41.5 Å². The third kappa shape index (κ3) is 11.8. The number of aromatic nitrogens is 2. The van der Waals surface area contributed by atoms with Gasteiger partial charge in [0, 0.05) is 62.6 Å². The van der Waals surface area contributed by atoms with E-state index in [0.29, 0.717) is 85.0 Å². The fourth-order valence-electron chi connectivity index (χ4n) is 9.93. The third-order valence-electron chi connectivity index (χ3n) is 13.9. The summed E-state index contributed by atoms with van der Waals surface area (Å²) in [5, 5.41) is 9.67. The maximum atomic E-state index is 14.9. The molecule has 386 valence electrons. The lowest BCUT2D eigenvalue weighted by atomic mass is 9.85. The quantitative estimate of drug-likeness (QED) is 0.0763. The van der Waals surface area contributed by atoms with E-state index in [4.69, 9.17) is 44.7 Å². The molecule has 3 aromatic rings. The van der Waals surface area contributed by atoms with Crippen molar-refractivity contribution >= 4 is 58.5 Å². The maximum absolute atomic E-state index is 14.9. The molecule has 2 saturated heterocycles. The van der Waals surface area contributed by atoms with E-state index in [1.807, 2.05) is 55.4 Å². The molecule has 71 heavy (non-hydrogen) atoms. The number of ether oxygens (including phenoxy) is 5. The number of hydrogen-bond donors (Lipinski definition) is 3. The largest absolute Gasteiger partial charge is 0.491 e. The molecule has 1 unspecified atom stereocenters. The molecular formula is C51H69ClN8O11. The molecule has 4 heterocycles. The number of rotatable bonds is 16. The van der Waals surface area contributed by atoms with E-state index in [-0.39, 0.29) is 54.6 Å². The molecule has 5 aliphatic rings. The number of fused-ring (bicyclic) bond motifs is 2. The van der Waals surface area contributed by atoms with Crippen molar-refractivity contribution in [2.24, 2.45) is 23.2 Å². The Hall–Kier alpha value is -5.82. The summed E-state index contributed by atoms with van der Waals surface area (Å²) in [7, 11) is 1.26. The number of methoxy groups -OCH3 is 1. The Bertz CT molecular complexity index is 2500. The van der Waals surface area contributed by atoms with Crippen LogP contribution in [0.2, 0.25) is 5.02 Å². The minimum atomic E-state index is -1.33. The molecule has 2 aliphatic heterocycles. The number of benzene rings is 1. The molecule has 2 aromatic heterocycles. The number of oxazole rings is 1. The van der Waals surface area contributed by atoms with Gasteiger partial charge < -0.3 is 53.9 Å². The summed E-state index contributed by atoms with van der Waals surface area (Å²) in [6.07, 6.45) is 4.15. The molecule has 8 rings (SSSR count). The van der Waals surface area contributed by atoms with E-state index in [2.05, 4.69) is 32.4 Å². The molecule has 19 nitrogen and oxygen atoms in total. The fourth-order valence-corrected chi connectivity index (χ4v) is 10.2. The second kappa shape index (κ2) is 20.4. The lowest BCUT2D eigenvalue weighted by Gasteiger charge is -2.35. The highest BCUT2D eigenvalue weighted by Crippen LogP contribution is 2.52. The van der Waals surface area contributed by atoms with Gasteiger partial charge >= 0.3 is 18.2 Å². The van der Waals surface area contributed by atoms with Crippen LogP contribution in [0, 0.1) is 23.2 Å². The van der Waals surface area contributed by atoms with E-state index in [0.717, 1.165) is 19.3 Å². The van der Waals surface area contributed by atoms with Gasteiger partial charge in [-0.15, -0.1) is 6.58 Å². The Labute approximate surface area is 420 Å². The van der Waals surface area contributed by atoms with Gasteiger partial charge in [0.1, 0.15) is 70.5 Å². The van der Waals surface area contributed by atoms with Crippen molar-refractivity contribution in [3.63, 3.8) is 0 Å². The lowest BCUT2D eigenvalue weighted by molar-refractivity contribution is -0.148. The molecule has 3 N–H and O–H groups in total. The second-order valence-electron chi connectivity index (χ2n) is 22.0. The van der Waals surface area contributed by atoms with Crippen molar-refractivity contribution in [1.29, 1.82) is 0 Å². The van der Waals surface area contributed by atoms with Crippen molar-refractivity contribution in [2.45, 2.75) is 129 Å². The summed E-state index contributed by atoms with van der Waals surface area (Å²) in [5.74, 6) is -0.182. The van der Waals surface area contributed by atoms with Crippen LogP contribution in [0.3, 0.4) is 0 Å². The normalized spacial score (nSPS) is 25.5. The molecule has 3 saturated carbocycles. The maximum Gasteiger partial charge on any atom is 0.410 e. The average molecular weight is 1010 g/mol. The Morgan fingerprint density at radius 3 is 2.31 bits per heavy atom. The summed E-state index contributed by atoms with van der Waals surface area (Å²) in [4.78, 5) is 83.6. The van der Waals surface area contributed by atoms with Crippen LogP contribution >= 0.6 is 11.6 Å². The third-order valence-corrected chi connectivity index (χ3v) is 14.3. The SMILES string of the molecule is C=C[C@@H]1C[C@]1(NC(=O)[C@@H]1C[C@@H](Oc2cc(-c3coc(NC(C)C)n3)nc3c(Cl)c(OCCN4CCN(C(=O)OC(C)(C)C)CC4)ccc23)CN1C(=O)[C@@H](NC(=O)OC1C[C@@H]2C[C@@H]2C1)C(C)(C)C)C(=O)OC. The van der Waals surface area contributed by atoms with E-state index in [1.165, 1.54) is 18.3 Å². The zero-order valence-electron chi connectivity index (χ0n) is 42.3. The number of amides is 4. The van der Waals surface area contributed by atoms with Gasteiger partial charge in [0.05, 0.1) is 24.9 Å². The van der Waals surface area contributed by atoms with Crippen molar-refractivity contribution in [3.05, 3.63) is 42.1 Å². The van der Waals surface area contributed by atoms with Gasteiger partial charge in [-0.2, -0.15) is 4.98 Å². The van der Waals surface area contributed by atoms with E-state index >= 15 is 0 Å². The van der Waals surface area contributed by atoms with Crippen LogP contribution < -0.4 is 25.4 Å². The predicted octanol–water partition coefficient (Wildman–Crippen LogP) is 6.82. The van der Waals surface area contributed by atoms with Crippen LogP contribution in [0.4, 0.5) is 15.6 Å². The second-order valence-corrected chi connectivity index (χ2v) is 22.3. The Balaban J connectivity index is 1.05. The van der Waals surface area contributed by atoms with Crippen LogP contribution in [-0.2, 0) is 28.6 Å². The monoisotopic (exact) mass is 1000 g/mol. The smallest absolute Gasteiger partial charge is 0.410 e. The van der Waals surface area contributed by atoms with Gasteiger partial charge in [0.25, 0.3) is 6.01 Å². The fraction of sp³-hybridized carbons (Fsp3) is 0.627. The summed E-state index contributed by atoms with van der Waals surface area (Å²) in [5.41, 5.74) is -1.60.